The van der Waals surface area contributed by atoms with E-state index in [1.165, 1.54) is 27.8 Å². The number of nitrogens with zero attached hydrogens (tertiary/aromatic N) is 3. The summed E-state index contributed by atoms with van der Waals surface area (Å²) in [7, 11) is -3.89. The number of thiazole rings is 1. The average molecular weight is 556 g/mol. The van der Waals surface area contributed by atoms with Crippen LogP contribution in [0.4, 0.5) is 5.13 Å². The Hall–Kier alpha value is -2.98. The standard InChI is InChI=1S/C27H26ClN3O4S2/c1-2-35-23-11-6-12-24-25(23)29-27(36-24)30(18-19-8-4-3-5-9-19)26(32)22-10-7-17-31(22)37(33,34)21-15-13-20(28)14-16-21/h3-6,8-9,11-16,22H,2,7,10,17-18H2,1H3. The second kappa shape index (κ2) is 10.8. The summed E-state index contributed by atoms with van der Waals surface area (Å²) >= 11 is 7.36. The molecule has 0 N–H and O–H groups in total. The molecule has 1 fully saturated rings. The van der Waals surface area contributed by atoms with Gasteiger partial charge in [-0.2, -0.15) is 4.31 Å². The lowest BCUT2D eigenvalue weighted by Crippen LogP contribution is -2.47. The highest BCUT2D eigenvalue weighted by molar-refractivity contribution is 7.89. The van der Waals surface area contributed by atoms with Crippen LogP contribution in [0.2, 0.25) is 5.02 Å². The van der Waals surface area contributed by atoms with Crippen LogP contribution >= 0.6 is 22.9 Å². The van der Waals surface area contributed by atoms with Crippen molar-refractivity contribution in [2.45, 2.75) is 37.2 Å². The zero-order chi connectivity index (χ0) is 26.0. The molecule has 0 spiro atoms. The molecular formula is C27H26ClN3O4S2. The highest BCUT2D eigenvalue weighted by Gasteiger charge is 2.42. The van der Waals surface area contributed by atoms with Gasteiger partial charge in [0.2, 0.25) is 15.9 Å². The molecule has 10 heteroatoms. The molecule has 1 aliphatic heterocycles. The van der Waals surface area contributed by atoms with Crippen LogP contribution in [0.15, 0.2) is 77.7 Å². The van der Waals surface area contributed by atoms with E-state index in [0.29, 0.717) is 40.9 Å². The first-order valence-corrected chi connectivity index (χ1v) is 14.7. The molecule has 2 heterocycles. The van der Waals surface area contributed by atoms with Crippen molar-refractivity contribution in [3.63, 3.8) is 0 Å². The largest absolute Gasteiger partial charge is 0.492 e. The van der Waals surface area contributed by atoms with Crippen molar-refractivity contribution >= 4 is 54.2 Å². The van der Waals surface area contributed by atoms with Crippen molar-refractivity contribution in [1.29, 1.82) is 0 Å². The molecule has 5 rings (SSSR count). The third-order valence-corrected chi connectivity index (χ3v) is 9.48. The van der Waals surface area contributed by atoms with Crippen LogP contribution in [0.1, 0.15) is 25.3 Å². The Labute approximate surface area is 225 Å². The summed E-state index contributed by atoms with van der Waals surface area (Å²) in [6.07, 6.45) is 1.03. The van der Waals surface area contributed by atoms with Gasteiger partial charge in [-0.1, -0.05) is 59.3 Å². The van der Waals surface area contributed by atoms with E-state index in [0.717, 1.165) is 10.3 Å². The van der Waals surface area contributed by atoms with E-state index in [4.69, 9.17) is 21.3 Å². The SMILES string of the molecule is CCOc1cccc2sc(N(Cc3ccccc3)C(=O)C3CCCN3S(=O)(=O)c3ccc(Cl)cc3)nc12. The number of amides is 1. The number of halogens is 1. The number of anilines is 1. The van der Waals surface area contributed by atoms with E-state index < -0.39 is 16.1 Å². The lowest BCUT2D eigenvalue weighted by Gasteiger charge is -2.28. The number of sulfonamides is 1. The summed E-state index contributed by atoms with van der Waals surface area (Å²) in [5.74, 6) is 0.360. The zero-order valence-electron chi connectivity index (χ0n) is 20.2. The summed E-state index contributed by atoms with van der Waals surface area (Å²) in [6.45, 7) is 2.95. The fraction of sp³-hybridized carbons (Fsp3) is 0.259. The number of carbonyl (C=O) groups excluding carboxylic acids is 1. The third-order valence-electron chi connectivity index (χ3n) is 6.26. The molecule has 1 unspecified atom stereocenters. The number of hydrogen-bond donors (Lipinski definition) is 0. The lowest BCUT2D eigenvalue weighted by atomic mass is 10.1. The number of benzene rings is 3. The van der Waals surface area contributed by atoms with Crippen molar-refractivity contribution in [3.05, 3.63) is 83.4 Å². The fourth-order valence-corrected chi connectivity index (χ4v) is 7.27. The van der Waals surface area contributed by atoms with E-state index in [9.17, 15) is 13.2 Å². The highest BCUT2D eigenvalue weighted by Crippen LogP contribution is 2.36. The summed E-state index contributed by atoms with van der Waals surface area (Å²) in [5.41, 5.74) is 1.61. The molecule has 0 aliphatic carbocycles. The molecule has 0 saturated carbocycles. The Morgan fingerprint density at radius 1 is 1.11 bits per heavy atom. The van der Waals surface area contributed by atoms with Crippen LogP contribution in [0, 0.1) is 0 Å². The number of aromatic nitrogens is 1. The Morgan fingerprint density at radius 2 is 1.86 bits per heavy atom. The second-order valence-corrected chi connectivity index (χ2v) is 12.0. The topological polar surface area (TPSA) is 79.8 Å². The number of hydrogen-bond acceptors (Lipinski definition) is 6. The van der Waals surface area contributed by atoms with E-state index >= 15 is 0 Å². The van der Waals surface area contributed by atoms with Gasteiger partial charge in [0.25, 0.3) is 0 Å². The van der Waals surface area contributed by atoms with Gasteiger partial charge < -0.3 is 4.74 Å². The molecule has 3 aromatic carbocycles. The first-order valence-electron chi connectivity index (χ1n) is 12.0. The Morgan fingerprint density at radius 3 is 2.59 bits per heavy atom. The van der Waals surface area contributed by atoms with Crippen LogP contribution in [0.25, 0.3) is 10.2 Å². The van der Waals surface area contributed by atoms with Gasteiger partial charge in [0.05, 0.1) is 22.7 Å². The van der Waals surface area contributed by atoms with Crippen LogP contribution in [-0.2, 0) is 21.4 Å². The second-order valence-electron chi connectivity index (χ2n) is 8.67. The molecule has 0 radical (unpaired) electrons. The van der Waals surface area contributed by atoms with Gasteiger partial charge in [-0.05, 0) is 61.7 Å². The molecule has 0 bridgehead atoms. The maximum Gasteiger partial charge on any atom is 0.247 e. The normalized spacial score (nSPS) is 16.2. The summed E-state index contributed by atoms with van der Waals surface area (Å²) in [6, 6.07) is 20.5. The van der Waals surface area contributed by atoms with Crippen LogP contribution in [0.3, 0.4) is 0 Å². The minimum Gasteiger partial charge on any atom is -0.492 e. The molecule has 1 saturated heterocycles. The third kappa shape index (κ3) is 5.22. The molecule has 192 valence electrons. The van der Waals surface area contributed by atoms with Gasteiger partial charge >= 0.3 is 0 Å². The zero-order valence-corrected chi connectivity index (χ0v) is 22.6. The van der Waals surface area contributed by atoms with Crippen molar-refractivity contribution < 1.29 is 17.9 Å². The van der Waals surface area contributed by atoms with Crippen molar-refractivity contribution in [2.24, 2.45) is 0 Å². The van der Waals surface area contributed by atoms with Crippen molar-refractivity contribution in [2.75, 3.05) is 18.1 Å². The minimum absolute atomic E-state index is 0.118. The molecule has 4 aromatic rings. The van der Waals surface area contributed by atoms with Gasteiger partial charge in [0.1, 0.15) is 17.3 Å². The highest BCUT2D eigenvalue weighted by atomic mass is 35.5. The maximum absolute atomic E-state index is 14.1. The van der Waals surface area contributed by atoms with Gasteiger partial charge in [0, 0.05) is 11.6 Å². The minimum atomic E-state index is -3.89. The molecule has 37 heavy (non-hydrogen) atoms. The fourth-order valence-electron chi connectivity index (χ4n) is 4.50. The summed E-state index contributed by atoms with van der Waals surface area (Å²) in [4.78, 5) is 20.6. The Balaban J connectivity index is 1.53. The first-order chi connectivity index (χ1) is 17.9. The molecule has 1 atom stereocenters. The lowest BCUT2D eigenvalue weighted by molar-refractivity contribution is -0.121. The molecule has 1 aliphatic rings. The van der Waals surface area contributed by atoms with Gasteiger partial charge in [-0.3, -0.25) is 9.69 Å². The Kier molecular flexibility index (Phi) is 7.48. The predicted octanol–water partition coefficient (Wildman–Crippen LogP) is 5.73. The van der Waals surface area contributed by atoms with E-state index in [2.05, 4.69) is 0 Å². The van der Waals surface area contributed by atoms with Crippen molar-refractivity contribution in [1.82, 2.24) is 9.29 Å². The Bertz CT molecular complexity index is 1510. The average Bonchev–Trinajstić information content (AvgIpc) is 3.57. The number of ether oxygens (including phenoxy) is 1. The smallest absolute Gasteiger partial charge is 0.247 e. The van der Waals surface area contributed by atoms with Crippen molar-refractivity contribution in [3.8, 4) is 5.75 Å². The van der Waals surface area contributed by atoms with Crippen LogP contribution in [-0.4, -0.2) is 42.8 Å². The summed E-state index contributed by atoms with van der Waals surface area (Å²) < 4.78 is 35.0. The first kappa shape index (κ1) is 25.7. The van der Waals surface area contributed by atoms with Gasteiger partial charge in [-0.25, -0.2) is 13.4 Å². The predicted molar refractivity (Wildman–Crippen MR) is 147 cm³/mol. The monoisotopic (exact) mass is 555 g/mol. The van der Waals surface area contributed by atoms with Gasteiger partial charge in [-0.15, -0.1) is 0 Å². The molecule has 7 nitrogen and oxygen atoms in total. The van der Waals surface area contributed by atoms with E-state index in [1.807, 2.05) is 55.5 Å². The number of carbonyl (C=O) groups is 1. The number of rotatable bonds is 8. The van der Waals surface area contributed by atoms with Gasteiger partial charge in [0.15, 0.2) is 5.13 Å². The van der Waals surface area contributed by atoms with E-state index in [-0.39, 0.29) is 23.9 Å². The number of para-hydroxylation sites is 1. The molecule has 1 amide bonds. The van der Waals surface area contributed by atoms with E-state index in [1.54, 1.807) is 17.0 Å². The number of fused-ring (bicyclic) bond motifs is 1. The molecular weight excluding hydrogens is 530 g/mol. The summed E-state index contributed by atoms with van der Waals surface area (Å²) in [5, 5.41) is 0.955. The molecule has 1 aromatic heterocycles. The maximum atomic E-state index is 14.1. The van der Waals surface area contributed by atoms with Crippen LogP contribution in [0.5, 0.6) is 5.75 Å². The van der Waals surface area contributed by atoms with Crippen LogP contribution < -0.4 is 9.64 Å². The quantitative estimate of drug-likeness (QED) is 0.277.